The van der Waals surface area contributed by atoms with E-state index in [4.69, 9.17) is 18.9 Å². The van der Waals surface area contributed by atoms with Crippen molar-refractivity contribution in [3.63, 3.8) is 0 Å². The summed E-state index contributed by atoms with van der Waals surface area (Å²) in [5, 5.41) is 11.8. The molecule has 470 valence electrons. The molecule has 2 atom stereocenters. The van der Waals surface area contributed by atoms with Gasteiger partial charge in [-0.25, -0.2) is 0 Å². The third kappa shape index (κ3) is 63.1. The van der Waals surface area contributed by atoms with Gasteiger partial charge >= 0.3 is 11.9 Å². The average molecular weight is 1130 g/mol. The minimum Gasteiger partial charge on any atom is -0.545 e. The zero-order valence-electron chi connectivity index (χ0n) is 53.7. The molecular formula is C71H133NO8. The molecule has 0 amide bonds. The second-order valence-corrected chi connectivity index (χ2v) is 24.8. The van der Waals surface area contributed by atoms with E-state index in [1.54, 1.807) is 0 Å². The molecule has 2 unspecified atom stereocenters. The standard InChI is InChI=1S/C71H133NO8/c1-6-8-10-12-14-16-18-20-22-24-26-27-28-29-30-31-32-33-34-35-36-37-38-39-40-41-42-43-44-46-48-50-52-54-56-58-60-62-69(74)80-67(66-79-71(70(75)76)77-64-63-72(3,4)5)65-78-68(73)61-59-57-55-53-51-49-47-45-25-23-21-19-17-15-13-11-9-7-2/h18,20,24,26,28-29,67,71H,6-17,19,21-23,25,27,30-66H2,1-5H3/b20-18-,26-24-,29-28-. The zero-order valence-corrected chi connectivity index (χ0v) is 53.7. The summed E-state index contributed by atoms with van der Waals surface area (Å²) < 4.78 is 22.8. The molecule has 0 aliphatic rings. The first-order valence-electron chi connectivity index (χ1n) is 34.6. The maximum atomic E-state index is 12.9. The Morgan fingerprint density at radius 3 is 1.00 bits per heavy atom. The van der Waals surface area contributed by atoms with Crippen molar-refractivity contribution in [1.29, 1.82) is 0 Å². The molecule has 0 heterocycles. The molecule has 0 spiro atoms. The van der Waals surface area contributed by atoms with E-state index in [1.807, 2.05) is 21.1 Å². The fourth-order valence-electron chi connectivity index (χ4n) is 10.3. The molecule has 0 N–H and O–H groups in total. The number of carbonyl (C=O) groups excluding carboxylic acids is 3. The van der Waals surface area contributed by atoms with Gasteiger partial charge in [-0.3, -0.25) is 9.59 Å². The Hall–Kier alpha value is -2.49. The molecule has 0 aromatic heterocycles. The van der Waals surface area contributed by atoms with E-state index < -0.39 is 24.3 Å². The van der Waals surface area contributed by atoms with Gasteiger partial charge in [0.25, 0.3) is 0 Å². The third-order valence-corrected chi connectivity index (χ3v) is 15.6. The molecule has 0 fully saturated rings. The van der Waals surface area contributed by atoms with E-state index >= 15 is 0 Å². The minimum absolute atomic E-state index is 0.151. The molecule has 0 saturated carbocycles. The van der Waals surface area contributed by atoms with Gasteiger partial charge in [-0.15, -0.1) is 0 Å². The Kier molecular flexibility index (Phi) is 60.6. The van der Waals surface area contributed by atoms with Crippen LogP contribution in [0.25, 0.3) is 0 Å². The topological polar surface area (TPSA) is 111 Å². The molecule has 0 aromatic rings. The number of carboxylic acid groups (broad SMARTS) is 1. The molecule has 0 radical (unpaired) electrons. The molecule has 0 aromatic carbocycles. The molecule has 0 aliphatic carbocycles. The van der Waals surface area contributed by atoms with E-state index in [0.717, 1.165) is 51.4 Å². The largest absolute Gasteiger partial charge is 0.545 e. The Morgan fingerprint density at radius 1 is 0.375 bits per heavy atom. The van der Waals surface area contributed by atoms with Gasteiger partial charge in [-0.1, -0.05) is 314 Å². The summed E-state index contributed by atoms with van der Waals surface area (Å²) in [6.07, 6.45) is 75.2. The van der Waals surface area contributed by atoms with Crippen molar-refractivity contribution >= 4 is 17.9 Å². The van der Waals surface area contributed by atoms with E-state index in [0.29, 0.717) is 17.4 Å². The van der Waals surface area contributed by atoms with Gasteiger partial charge in [0, 0.05) is 12.8 Å². The number of carboxylic acids is 1. The number of ether oxygens (including phenoxy) is 4. The first kappa shape index (κ1) is 77.5. The minimum atomic E-state index is -1.62. The number of rotatable bonds is 65. The Balaban J connectivity index is 3.99. The normalized spacial score (nSPS) is 12.9. The molecule has 9 nitrogen and oxygen atoms in total. The highest BCUT2D eigenvalue weighted by molar-refractivity contribution is 5.70. The van der Waals surface area contributed by atoms with Crippen LogP contribution in [-0.2, 0) is 33.3 Å². The lowest BCUT2D eigenvalue weighted by atomic mass is 10.0. The molecule has 0 rings (SSSR count). The van der Waals surface area contributed by atoms with E-state index in [-0.39, 0.29) is 32.2 Å². The van der Waals surface area contributed by atoms with Crippen LogP contribution in [0.5, 0.6) is 0 Å². The summed E-state index contributed by atoms with van der Waals surface area (Å²) in [4.78, 5) is 37.4. The van der Waals surface area contributed by atoms with Gasteiger partial charge in [-0.05, 0) is 51.4 Å². The van der Waals surface area contributed by atoms with Crippen molar-refractivity contribution < 1.29 is 42.9 Å². The summed E-state index contributed by atoms with van der Waals surface area (Å²) in [5.41, 5.74) is 0. The van der Waals surface area contributed by atoms with Crippen LogP contribution in [0.1, 0.15) is 341 Å². The van der Waals surface area contributed by atoms with Gasteiger partial charge in [0.05, 0.1) is 40.3 Å². The molecule has 0 saturated heterocycles. The van der Waals surface area contributed by atoms with Crippen molar-refractivity contribution in [2.75, 3.05) is 47.5 Å². The zero-order chi connectivity index (χ0) is 58.3. The SMILES string of the molecule is CCCCCCC/C=C\C/C=C\C/C=C\CCCCCCCCCCCCCCCCCCCCCCCCC(=O)OC(COC(=O)CCCCCCCCCCCCCCCCCCCC)COC(OCC[N+](C)(C)C)C(=O)[O-]. The maximum absolute atomic E-state index is 12.9. The summed E-state index contributed by atoms with van der Waals surface area (Å²) >= 11 is 0. The second-order valence-electron chi connectivity index (χ2n) is 24.8. The first-order chi connectivity index (χ1) is 39.1. The number of esters is 2. The number of hydrogen-bond donors (Lipinski definition) is 0. The molecule has 80 heavy (non-hydrogen) atoms. The smallest absolute Gasteiger partial charge is 0.306 e. The van der Waals surface area contributed by atoms with Gasteiger partial charge in [0.1, 0.15) is 13.2 Å². The highest BCUT2D eigenvalue weighted by Crippen LogP contribution is 2.18. The van der Waals surface area contributed by atoms with Crippen molar-refractivity contribution in [1.82, 2.24) is 0 Å². The highest BCUT2D eigenvalue weighted by Gasteiger charge is 2.22. The number of carbonyl (C=O) groups is 3. The highest BCUT2D eigenvalue weighted by atomic mass is 16.7. The van der Waals surface area contributed by atoms with E-state index in [9.17, 15) is 19.5 Å². The Bertz CT molecular complexity index is 1410. The van der Waals surface area contributed by atoms with Crippen LogP contribution in [0.3, 0.4) is 0 Å². The molecule has 0 bridgehead atoms. The van der Waals surface area contributed by atoms with Crippen LogP contribution >= 0.6 is 0 Å². The van der Waals surface area contributed by atoms with Crippen LogP contribution in [0.4, 0.5) is 0 Å². The maximum Gasteiger partial charge on any atom is 0.306 e. The number of allylic oxidation sites excluding steroid dienone is 6. The molecular weight excluding hydrogens is 995 g/mol. The van der Waals surface area contributed by atoms with Crippen molar-refractivity contribution in [3.8, 4) is 0 Å². The van der Waals surface area contributed by atoms with Crippen LogP contribution in [0.2, 0.25) is 0 Å². The summed E-state index contributed by atoms with van der Waals surface area (Å²) in [6.45, 7) is 4.80. The lowest BCUT2D eigenvalue weighted by Gasteiger charge is -2.26. The number of hydrogen-bond acceptors (Lipinski definition) is 8. The quantitative estimate of drug-likeness (QED) is 0.0195. The lowest BCUT2D eigenvalue weighted by Crippen LogP contribution is -2.44. The first-order valence-corrected chi connectivity index (χ1v) is 34.6. The third-order valence-electron chi connectivity index (χ3n) is 15.6. The van der Waals surface area contributed by atoms with E-state index in [1.165, 1.54) is 263 Å². The predicted molar refractivity (Wildman–Crippen MR) is 339 cm³/mol. The van der Waals surface area contributed by atoms with Gasteiger partial charge in [0.2, 0.25) is 0 Å². The average Bonchev–Trinajstić information content (AvgIpc) is 3.43. The van der Waals surface area contributed by atoms with Crippen LogP contribution < -0.4 is 5.11 Å². The van der Waals surface area contributed by atoms with Crippen LogP contribution in [0, 0.1) is 0 Å². The number of nitrogens with zero attached hydrogens (tertiary/aromatic N) is 1. The number of likely N-dealkylation sites (N-methyl/N-ethyl adjacent to an activating group) is 1. The second kappa shape index (κ2) is 62.6. The van der Waals surface area contributed by atoms with E-state index in [2.05, 4.69) is 50.3 Å². The monoisotopic (exact) mass is 1130 g/mol. The Labute approximate surface area is 496 Å². The number of unbranched alkanes of at least 4 members (excludes halogenated alkanes) is 44. The van der Waals surface area contributed by atoms with Crippen molar-refractivity contribution in [3.05, 3.63) is 36.5 Å². The van der Waals surface area contributed by atoms with Gasteiger partial charge in [0.15, 0.2) is 12.4 Å². The predicted octanol–water partition coefficient (Wildman–Crippen LogP) is 19.9. The summed E-state index contributed by atoms with van der Waals surface area (Å²) in [6, 6.07) is 0. The van der Waals surface area contributed by atoms with Gasteiger partial charge in [-0.2, -0.15) is 0 Å². The Morgan fingerprint density at radius 2 is 0.675 bits per heavy atom. The van der Waals surface area contributed by atoms with Crippen molar-refractivity contribution in [2.45, 2.75) is 354 Å². The molecule has 0 aliphatic heterocycles. The summed E-state index contributed by atoms with van der Waals surface area (Å²) in [5.74, 6) is -2.25. The summed E-state index contributed by atoms with van der Waals surface area (Å²) in [7, 11) is 5.94. The van der Waals surface area contributed by atoms with Gasteiger partial charge < -0.3 is 33.3 Å². The number of quaternary nitrogens is 1. The fourth-order valence-corrected chi connectivity index (χ4v) is 10.3. The van der Waals surface area contributed by atoms with Crippen LogP contribution in [0.15, 0.2) is 36.5 Å². The fraction of sp³-hybridized carbons (Fsp3) is 0.873. The lowest BCUT2D eigenvalue weighted by molar-refractivity contribution is -0.870. The number of aliphatic carboxylic acids is 1. The van der Waals surface area contributed by atoms with Crippen molar-refractivity contribution in [2.24, 2.45) is 0 Å². The van der Waals surface area contributed by atoms with Crippen LogP contribution in [-0.4, -0.2) is 82.3 Å². The molecule has 9 heteroatoms.